The highest BCUT2D eigenvalue weighted by Crippen LogP contribution is 2.17. The molecule has 0 heterocycles. The number of nitrogens with zero attached hydrogens (tertiary/aromatic N) is 1. The molecule has 1 aromatic carbocycles. The average Bonchev–Trinajstić information content (AvgIpc) is 2.61. The van der Waals surface area contributed by atoms with Gasteiger partial charge < -0.3 is 16.0 Å². The lowest BCUT2D eigenvalue weighted by Gasteiger charge is -2.22. The first kappa shape index (κ1) is 22.7. The third-order valence-corrected chi connectivity index (χ3v) is 4.43. The van der Waals surface area contributed by atoms with Crippen molar-refractivity contribution in [2.24, 2.45) is 4.99 Å². The number of carbonyl (C=O) groups is 1. The lowest BCUT2D eigenvalue weighted by atomic mass is 9.95. The van der Waals surface area contributed by atoms with Crippen LogP contribution in [0.5, 0.6) is 0 Å². The number of halogens is 2. The minimum atomic E-state index is -0.219. The van der Waals surface area contributed by atoms with E-state index >= 15 is 0 Å². The highest BCUT2D eigenvalue weighted by molar-refractivity contribution is 14.0. The number of rotatable bonds is 7. The van der Waals surface area contributed by atoms with Crippen molar-refractivity contribution in [3.8, 4) is 0 Å². The molecule has 0 aromatic heterocycles. The fraction of sp³-hybridized carbons (Fsp3) is 0.579. The molecule has 1 aromatic rings. The van der Waals surface area contributed by atoms with Crippen molar-refractivity contribution >= 4 is 35.8 Å². The number of aliphatic imine (C=N–C) groups is 1. The fourth-order valence-electron chi connectivity index (χ4n) is 3.08. The van der Waals surface area contributed by atoms with Gasteiger partial charge in [0.1, 0.15) is 5.82 Å². The van der Waals surface area contributed by atoms with Crippen molar-refractivity contribution < 1.29 is 9.18 Å². The summed E-state index contributed by atoms with van der Waals surface area (Å²) in [4.78, 5) is 16.1. The number of hydrogen-bond acceptors (Lipinski definition) is 2. The molecule has 7 heteroatoms. The van der Waals surface area contributed by atoms with Crippen LogP contribution < -0.4 is 16.0 Å². The number of amides is 1. The van der Waals surface area contributed by atoms with Gasteiger partial charge in [0.25, 0.3) is 0 Å². The van der Waals surface area contributed by atoms with Crippen molar-refractivity contribution in [2.75, 3.05) is 20.1 Å². The van der Waals surface area contributed by atoms with Gasteiger partial charge in [-0.3, -0.25) is 9.79 Å². The van der Waals surface area contributed by atoms with Gasteiger partial charge in [0.05, 0.1) is 0 Å². The van der Waals surface area contributed by atoms with E-state index in [1.807, 2.05) is 6.07 Å². The molecule has 3 N–H and O–H groups in total. The molecule has 26 heavy (non-hydrogen) atoms. The molecule has 1 fully saturated rings. The molecular formula is C19H30FIN4O. The topological polar surface area (TPSA) is 65.5 Å². The predicted octanol–water partition coefficient (Wildman–Crippen LogP) is 2.99. The number of hydrogen-bond donors (Lipinski definition) is 3. The lowest BCUT2D eigenvalue weighted by Crippen LogP contribution is -2.41. The van der Waals surface area contributed by atoms with Gasteiger partial charge in [0.2, 0.25) is 5.91 Å². The smallest absolute Gasteiger partial charge is 0.221 e. The monoisotopic (exact) mass is 476 g/mol. The Labute approximate surface area is 172 Å². The third-order valence-electron chi connectivity index (χ3n) is 4.43. The Morgan fingerprint density at radius 2 is 1.92 bits per heavy atom. The summed E-state index contributed by atoms with van der Waals surface area (Å²) in [5, 5.41) is 9.42. The van der Waals surface area contributed by atoms with Crippen LogP contribution in [0.4, 0.5) is 4.39 Å². The zero-order valence-corrected chi connectivity index (χ0v) is 17.7. The van der Waals surface area contributed by atoms with Crippen LogP contribution in [0.25, 0.3) is 0 Å². The predicted molar refractivity (Wildman–Crippen MR) is 115 cm³/mol. The molecule has 0 radical (unpaired) electrons. The van der Waals surface area contributed by atoms with Crippen molar-refractivity contribution in [2.45, 2.75) is 51.0 Å². The number of nitrogens with one attached hydrogen (secondary N) is 3. The first-order chi connectivity index (χ1) is 12.2. The summed E-state index contributed by atoms with van der Waals surface area (Å²) >= 11 is 0. The van der Waals surface area contributed by atoms with Crippen molar-refractivity contribution in [3.05, 3.63) is 35.6 Å². The molecule has 2 rings (SSSR count). The summed E-state index contributed by atoms with van der Waals surface area (Å²) in [5.74, 6) is 0.528. The molecule has 0 unspecified atom stereocenters. The molecule has 0 spiro atoms. The van der Waals surface area contributed by atoms with Gasteiger partial charge in [-0.1, -0.05) is 31.4 Å². The van der Waals surface area contributed by atoms with E-state index in [-0.39, 0.29) is 35.7 Å². The molecule has 1 saturated carbocycles. The van der Waals surface area contributed by atoms with Crippen LogP contribution in [-0.2, 0) is 11.2 Å². The Bertz CT molecular complexity index is 576. The molecule has 0 aliphatic heterocycles. The number of benzene rings is 1. The van der Waals surface area contributed by atoms with Gasteiger partial charge in [-0.15, -0.1) is 24.0 Å². The Morgan fingerprint density at radius 3 is 2.62 bits per heavy atom. The molecule has 0 bridgehead atoms. The van der Waals surface area contributed by atoms with E-state index in [1.165, 1.54) is 31.4 Å². The van der Waals surface area contributed by atoms with Crippen LogP contribution in [0.2, 0.25) is 0 Å². The van der Waals surface area contributed by atoms with E-state index in [2.05, 4.69) is 20.9 Å². The number of guanidine groups is 1. The zero-order valence-electron chi connectivity index (χ0n) is 15.4. The molecular weight excluding hydrogens is 446 g/mol. The highest BCUT2D eigenvalue weighted by Gasteiger charge is 2.15. The minimum Gasteiger partial charge on any atom is -0.356 e. The number of carbonyl (C=O) groups excluding carboxylic acids is 1. The summed E-state index contributed by atoms with van der Waals surface area (Å²) in [6.45, 7) is 1.19. The largest absolute Gasteiger partial charge is 0.356 e. The van der Waals surface area contributed by atoms with Crippen LogP contribution in [0.15, 0.2) is 29.3 Å². The standard InChI is InChI=1S/C19H29FN4O.HI/c1-21-19(22-12-10-15-6-5-7-16(20)14-15)23-13-11-18(25)24-17-8-3-2-4-9-17;/h5-7,14,17H,2-4,8-13H2,1H3,(H,24,25)(H2,21,22,23);1H. The van der Waals surface area contributed by atoms with Crippen LogP contribution in [0.1, 0.15) is 44.1 Å². The molecule has 0 atom stereocenters. The normalized spacial score (nSPS) is 15.1. The van der Waals surface area contributed by atoms with E-state index in [4.69, 9.17) is 0 Å². The van der Waals surface area contributed by atoms with E-state index < -0.39 is 0 Å². The maximum absolute atomic E-state index is 13.1. The van der Waals surface area contributed by atoms with E-state index in [0.29, 0.717) is 37.9 Å². The van der Waals surface area contributed by atoms with Gasteiger partial charge >= 0.3 is 0 Å². The maximum Gasteiger partial charge on any atom is 0.221 e. The first-order valence-electron chi connectivity index (χ1n) is 9.15. The summed E-state index contributed by atoms with van der Waals surface area (Å²) in [6, 6.07) is 6.94. The summed E-state index contributed by atoms with van der Waals surface area (Å²) in [7, 11) is 1.69. The fourth-order valence-corrected chi connectivity index (χ4v) is 3.08. The quantitative estimate of drug-likeness (QED) is 0.322. The van der Waals surface area contributed by atoms with Crippen molar-refractivity contribution in [1.29, 1.82) is 0 Å². The summed E-state index contributed by atoms with van der Waals surface area (Å²) in [5.41, 5.74) is 0.940. The van der Waals surface area contributed by atoms with Gasteiger partial charge in [0, 0.05) is 32.6 Å². The second kappa shape index (κ2) is 12.9. The van der Waals surface area contributed by atoms with E-state index in [0.717, 1.165) is 18.4 Å². The minimum absolute atomic E-state index is 0. The third kappa shape index (κ3) is 8.82. The Hall–Kier alpha value is -1.38. The lowest BCUT2D eigenvalue weighted by molar-refractivity contribution is -0.121. The van der Waals surface area contributed by atoms with Crippen LogP contribution in [0.3, 0.4) is 0 Å². The molecule has 0 saturated heterocycles. The Balaban J connectivity index is 0.00000338. The van der Waals surface area contributed by atoms with Crippen LogP contribution >= 0.6 is 24.0 Å². The van der Waals surface area contributed by atoms with E-state index in [9.17, 15) is 9.18 Å². The first-order valence-corrected chi connectivity index (χ1v) is 9.15. The molecule has 1 aliphatic carbocycles. The van der Waals surface area contributed by atoms with Crippen molar-refractivity contribution in [1.82, 2.24) is 16.0 Å². The summed E-state index contributed by atoms with van der Waals surface area (Å²) < 4.78 is 13.1. The second-order valence-electron chi connectivity index (χ2n) is 6.46. The zero-order chi connectivity index (χ0) is 17.9. The second-order valence-corrected chi connectivity index (χ2v) is 6.46. The molecule has 146 valence electrons. The molecule has 1 aliphatic rings. The maximum atomic E-state index is 13.1. The Kier molecular flexibility index (Phi) is 11.2. The highest BCUT2D eigenvalue weighted by atomic mass is 127. The van der Waals surface area contributed by atoms with Gasteiger partial charge in [0.15, 0.2) is 5.96 Å². The molecule has 5 nitrogen and oxygen atoms in total. The van der Waals surface area contributed by atoms with Crippen molar-refractivity contribution in [3.63, 3.8) is 0 Å². The van der Waals surface area contributed by atoms with Gasteiger partial charge in [-0.25, -0.2) is 4.39 Å². The van der Waals surface area contributed by atoms with Gasteiger partial charge in [-0.05, 0) is 37.0 Å². The average molecular weight is 476 g/mol. The van der Waals surface area contributed by atoms with Crippen LogP contribution in [-0.4, -0.2) is 38.0 Å². The summed E-state index contributed by atoms with van der Waals surface area (Å²) in [6.07, 6.45) is 7.05. The SMILES string of the molecule is CN=C(NCCC(=O)NC1CCCCC1)NCCc1cccc(F)c1.I. The van der Waals surface area contributed by atoms with Gasteiger partial charge in [-0.2, -0.15) is 0 Å². The molecule has 1 amide bonds. The van der Waals surface area contributed by atoms with E-state index in [1.54, 1.807) is 13.1 Å². The van der Waals surface area contributed by atoms with Crippen LogP contribution in [0, 0.1) is 5.82 Å². The Morgan fingerprint density at radius 1 is 1.19 bits per heavy atom.